The molecule has 0 saturated heterocycles. The van der Waals surface area contributed by atoms with Crippen LogP contribution < -0.4 is 0 Å². The van der Waals surface area contributed by atoms with Crippen molar-refractivity contribution >= 4 is 39.5 Å². The average molecular weight is 1350 g/mol. The largest absolute Gasteiger partial charge is 0.472 e. The molecule has 0 bridgehead atoms. The third kappa shape index (κ3) is 66.7. The summed E-state index contributed by atoms with van der Waals surface area (Å²) in [5, 5.41) is 10.6. The van der Waals surface area contributed by atoms with Crippen LogP contribution in [0, 0.1) is 23.7 Å². The van der Waals surface area contributed by atoms with E-state index in [1.54, 1.807) is 0 Å². The number of carbonyl (C=O) groups is 4. The molecule has 0 rings (SSSR count). The molecule has 0 aromatic rings. The lowest BCUT2D eigenvalue weighted by atomic mass is 10.0. The Kier molecular flexibility index (Phi) is 61.3. The highest BCUT2D eigenvalue weighted by molar-refractivity contribution is 7.47. The number of aliphatic hydroxyl groups is 1. The van der Waals surface area contributed by atoms with Crippen molar-refractivity contribution in [2.45, 2.75) is 382 Å². The van der Waals surface area contributed by atoms with Crippen molar-refractivity contribution in [3.63, 3.8) is 0 Å². The Morgan fingerprint density at radius 2 is 0.457 bits per heavy atom. The van der Waals surface area contributed by atoms with E-state index in [4.69, 9.17) is 37.0 Å². The average Bonchev–Trinajstić information content (AvgIpc) is 1.52. The topological polar surface area (TPSA) is 237 Å². The quantitative estimate of drug-likeness (QED) is 0.0222. The molecule has 0 aliphatic rings. The Bertz CT molecular complexity index is 1820. The van der Waals surface area contributed by atoms with E-state index in [1.165, 1.54) is 161 Å². The first kappa shape index (κ1) is 90.1. The van der Waals surface area contributed by atoms with Crippen LogP contribution in [-0.4, -0.2) is 96.7 Å². The summed E-state index contributed by atoms with van der Waals surface area (Å²) in [6.07, 6.45) is 46.0. The molecule has 0 heterocycles. The molecule has 0 fully saturated rings. The predicted octanol–water partition coefficient (Wildman–Crippen LogP) is 20.9. The van der Waals surface area contributed by atoms with Crippen LogP contribution in [0.1, 0.15) is 364 Å². The first-order valence-corrected chi connectivity index (χ1v) is 40.7. The lowest BCUT2D eigenvalue weighted by Gasteiger charge is -2.21. The van der Waals surface area contributed by atoms with E-state index < -0.39 is 97.5 Å². The number of aliphatic hydroxyl groups excluding tert-OH is 1. The van der Waals surface area contributed by atoms with Crippen molar-refractivity contribution in [1.29, 1.82) is 0 Å². The third-order valence-electron chi connectivity index (χ3n) is 16.8. The van der Waals surface area contributed by atoms with Crippen molar-refractivity contribution in [2.75, 3.05) is 39.6 Å². The van der Waals surface area contributed by atoms with Gasteiger partial charge in [0.15, 0.2) is 12.2 Å². The number of unbranched alkanes of at least 4 members (excludes halogenated alkanes) is 36. The van der Waals surface area contributed by atoms with Crippen LogP contribution in [0.4, 0.5) is 0 Å². The number of carbonyl (C=O) groups excluding carboxylic acids is 4. The minimum atomic E-state index is -4.95. The molecule has 0 aliphatic heterocycles. The number of ether oxygens (including phenoxy) is 4. The molecule has 0 spiro atoms. The Balaban J connectivity index is 5.22. The second-order valence-electron chi connectivity index (χ2n) is 28.2. The molecule has 546 valence electrons. The van der Waals surface area contributed by atoms with E-state index in [-0.39, 0.29) is 25.7 Å². The monoisotopic (exact) mass is 1350 g/mol. The number of hydrogen-bond acceptors (Lipinski definition) is 15. The Labute approximate surface area is 562 Å². The van der Waals surface area contributed by atoms with Gasteiger partial charge in [-0.2, -0.15) is 0 Å². The summed E-state index contributed by atoms with van der Waals surface area (Å²) >= 11 is 0. The number of hydrogen-bond donors (Lipinski definition) is 3. The molecule has 0 amide bonds. The van der Waals surface area contributed by atoms with Gasteiger partial charge in [-0.05, 0) is 49.4 Å². The summed E-state index contributed by atoms with van der Waals surface area (Å²) < 4.78 is 68.4. The van der Waals surface area contributed by atoms with Gasteiger partial charge in [-0.1, -0.05) is 312 Å². The zero-order valence-electron chi connectivity index (χ0n) is 60.2. The highest BCUT2D eigenvalue weighted by atomic mass is 31.2. The number of rotatable bonds is 70. The van der Waals surface area contributed by atoms with Crippen molar-refractivity contribution < 1.29 is 80.2 Å². The molecule has 2 unspecified atom stereocenters. The minimum absolute atomic E-state index is 0.105. The maximum Gasteiger partial charge on any atom is 0.472 e. The summed E-state index contributed by atoms with van der Waals surface area (Å²) in [6, 6.07) is 0. The normalized spacial score (nSPS) is 14.2. The molecule has 3 N–H and O–H groups in total. The van der Waals surface area contributed by atoms with Gasteiger partial charge < -0.3 is 33.8 Å². The molecule has 17 nitrogen and oxygen atoms in total. The van der Waals surface area contributed by atoms with Crippen LogP contribution in [0.2, 0.25) is 0 Å². The van der Waals surface area contributed by atoms with Gasteiger partial charge in [0, 0.05) is 25.7 Å². The number of phosphoric acid groups is 2. The van der Waals surface area contributed by atoms with Crippen LogP contribution in [-0.2, 0) is 65.4 Å². The van der Waals surface area contributed by atoms with Crippen LogP contribution in [0.25, 0.3) is 0 Å². The van der Waals surface area contributed by atoms with E-state index in [9.17, 15) is 43.2 Å². The number of esters is 4. The van der Waals surface area contributed by atoms with E-state index in [1.807, 2.05) is 0 Å². The number of phosphoric ester groups is 2. The van der Waals surface area contributed by atoms with E-state index in [2.05, 4.69) is 55.4 Å². The fraction of sp³-hybridized carbons (Fsp3) is 0.945. The molecular weight excluding hydrogens is 1210 g/mol. The van der Waals surface area contributed by atoms with Gasteiger partial charge in [0.2, 0.25) is 0 Å². The van der Waals surface area contributed by atoms with Gasteiger partial charge in [-0.25, -0.2) is 9.13 Å². The summed E-state index contributed by atoms with van der Waals surface area (Å²) in [5.41, 5.74) is 0. The fourth-order valence-electron chi connectivity index (χ4n) is 11.0. The second kappa shape index (κ2) is 62.6. The van der Waals surface area contributed by atoms with Gasteiger partial charge in [-0.3, -0.25) is 37.3 Å². The van der Waals surface area contributed by atoms with Crippen molar-refractivity contribution in [3.05, 3.63) is 0 Å². The summed E-state index contributed by atoms with van der Waals surface area (Å²) in [7, 11) is -9.91. The predicted molar refractivity (Wildman–Crippen MR) is 372 cm³/mol. The van der Waals surface area contributed by atoms with Crippen molar-refractivity contribution in [2.24, 2.45) is 23.7 Å². The zero-order chi connectivity index (χ0) is 68.2. The first-order valence-electron chi connectivity index (χ1n) is 37.7. The summed E-state index contributed by atoms with van der Waals surface area (Å²) in [6.45, 7) is 14.1. The summed E-state index contributed by atoms with van der Waals surface area (Å²) in [4.78, 5) is 72.6. The van der Waals surface area contributed by atoms with Crippen molar-refractivity contribution in [3.8, 4) is 0 Å². The smallest absolute Gasteiger partial charge is 0.462 e. The van der Waals surface area contributed by atoms with Crippen LogP contribution in [0.5, 0.6) is 0 Å². The Morgan fingerprint density at radius 3 is 0.674 bits per heavy atom. The Hall–Kier alpha value is -1.94. The van der Waals surface area contributed by atoms with E-state index in [0.717, 1.165) is 114 Å². The molecule has 0 aliphatic carbocycles. The SMILES string of the molecule is CC(C)CCCCCCCCCCCCCCCCCC(=O)O[C@H](COC(=O)CCCCCCCCCCC(C)C)COP(=O)(O)OC[C@@H](O)COP(=O)(O)OC[C@@H](COC(=O)CCCCCCCCC(C)C)OC(=O)CCCCCCCCCCCCCC(C)C. The van der Waals surface area contributed by atoms with Crippen LogP contribution in [0.3, 0.4) is 0 Å². The molecule has 0 aromatic carbocycles. The zero-order valence-corrected chi connectivity index (χ0v) is 62.0. The minimum Gasteiger partial charge on any atom is -0.462 e. The molecule has 19 heteroatoms. The molecule has 0 aromatic heterocycles. The van der Waals surface area contributed by atoms with E-state index in [0.29, 0.717) is 31.6 Å². The third-order valence-corrected chi connectivity index (χ3v) is 18.7. The van der Waals surface area contributed by atoms with Gasteiger partial charge in [0.25, 0.3) is 0 Å². The van der Waals surface area contributed by atoms with Gasteiger partial charge in [-0.15, -0.1) is 0 Å². The summed E-state index contributed by atoms with van der Waals surface area (Å²) in [5.74, 6) is 0.846. The molecular formula is C73H142O17P2. The molecule has 92 heavy (non-hydrogen) atoms. The van der Waals surface area contributed by atoms with Crippen LogP contribution in [0.15, 0.2) is 0 Å². The van der Waals surface area contributed by atoms with Crippen molar-refractivity contribution in [1.82, 2.24) is 0 Å². The lowest BCUT2D eigenvalue weighted by Crippen LogP contribution is -2.30. The van der Waals surface area contributed by atoms with Gasteiger partial charge in [0.05, 0.1) is 26.4 Å². The maximum atomic E-state index is 13.0. The van der Waals surface area contributed by atoms with Gasteiger partial charge >= 0.3 is 39.5 Å². The van der Waals surface area contributed by atoms with E-state index >= 15 is 0 Å². The maximum absolute atomic E-state index is 13.0. The highest BCUT2D eigenvalue weighted by Crippen LogP contribution is 2.45. The first-order chi connectivity index (χ1) is 44.1. The molecule has 0 radical (unpaired) electrons. The molecule has 0 saturated carbocycles. The highest BCUT2D eigenvalue weighted by Gasteiger charge is 2.30. The lowest BCUT2D eigenvalue weighted by molar-refractivity contribution is -0.161. The second-order valence-corrected chi connectivity index (χ2v) is 31.1. The van der Waals surface area contributed by atoms with Gasteiger partial charge in [0.1, 0.15) is 19.3 Å². The Morgan fingerprint density at radius 1 is 0.272 bits per heavy atom. The fourth-order valence-corrected chi connectivity index (χ4v) is 12.6. The standard InChI is InChI=1S/C73H142O17P2/c1-63(2)49-41-33-25-19-15-12-10-9-11-13-17-21-29-39-47-55-72(77)89-68(59-83-70(75)53-45-37-28-24-23-27-35-43-51-65(5)6)61-87-91(79,80)85-57-67(74)58-86-92(81,82)88-62-69(60-84-71(76)54-46-38-32-31-36-44-52-66(7)8)90-73(78)56-48-40-30-22-18-14-16-20-26-34-42-50-64(3)4/h63-69,74H,9-62H2,1-8H3,(H,79,80)(H,81,82)/t67-,68-,69-/m1/s1. The molecule has 5 atom stereocenters. The van der Waals surface area contributed by atoms with Crippen LogP contribution >= 0.6 is 15.6 Å².